The third-order valence-electron chi connectivity index (χ3n) is 6.29. The largest absolute Gasteiger partial charge is 0.394 e. The van der Waals surface area contributed by atoms with Crippen LogP contribution in [0.15, 0.2) is 0 Å². The van der Waals surface area contributed by atoms with Gasteiger partial charge in [0, 0.05) is 0 Å². The molecule has 0 saturated carbocycles. The third-order valence-corrected chi connectivity index (χ3v) is 6.29. The minimum absolute atomic E-state index is 0.750. The zero-order valence-corrected chi connectivity index (χ0v) is 18.5. The van der Waals surface area contributed by atoms with Gasteiger partial charge in [0.2, 0.25) is 0 Å². The molecule has 34 heavy (non-hydrogen) atoms. The molecular formula is C19H34O15. The summed E-state index contributed by atoms with van der Waals surface area (Å²) in [7, 11) is 0. The van der Waals surface area contributed by atoms with Crippen molar-refractivity contribution in [3.63, 3.8) is 0 Å². The van der Waals surface area contributed by atoms with E-state index in [-0.39, 0.29) is 0 Å². The topological polar surface area (TPSA) is 248 Å². The van der Waals surface area contributed by atoms with E-state index >= 15 is 0 Å². The second kappa shape index (κ2) is 11.2. The predicted molar refractivity (Wildman–Crippen MR) is 104 cm³/mol. The Labute approximate surface area is 194 Å². The Bertz CT molecular complexity index is 651. The van der Waals surface area contributed by atoms with Crippen molar-refractivity contribution < 1.29 is 74.7 Å². The zero-order chi connectivity index (χ0) is 25.5. The minimum Gasteiger partial charge on any atom is -0.394 e. The zero-order valence-electron chi connectivity index (χ0n) is 18.5. The SMILES string of the molecule is C[C@H](O)[C@H]1O[C@@H](O)[C@H](O[C@@H]2O[C@@H](C)[C@@H](O)[C@@H](O)[C@@H]2O)[C@@H](O[C@H]2O[C@H](CO)[C@H](O)[C@H](O)[C@H]2O)[C@H]1O. The van der Waals surface area contributed by atoms with Crippen molar-refractivity contribution in [2.24, 2.45) is 0 Å². The molecule has 3 heterocycles. The molecule has 0 aromatic rings. The first-order valence-corrected chi connectivity index (χ1v) is 10.9. The van der Waals surface area contributed by atoms with Crippen LogP contribution < -0.4 is 0 Å². The molecule has 15 nitrogen and oxygen atoms in total. The highest BCUT2D eigenvalue weighted by Gasteiger charge is 2.54. The normalized spacial score (nSPS) is 53.5. The van der Waals surface area contributed by atoms with Crippen molar-refractivity contribution in [1.82, 2.24) is 0 Å². The average Bonchev–Trinajstić information content (AvgIpc) is 2.79. The van der Waals surface area contributed by atoms with E-state index in [4.69, 9.17) is 23.7 Å². The van der Waals surface area contributed by atoms with E-state index in [0.717, 1.165) is 0 Å². The Morgan fingerprint density at radius 3 is 1.76 bits per heavy atom. The molecule has 0 aromatic carbocycles. The van der Waals surface area contributed by atoms with Crippen LogP contribution in [-0.2, 0) is 23.7 Å². The van der Waals surface area contributed by atoms with Crippen LogP contribution in [0.3, 0.4) is 0 Å². The van der Waals surface area contributed by atoms with Crippen LogP contribution in [0.4, 0.5) is 0 Å². The highest BCUT2D eigenvalue weighted by Crippen LogP contribution is 2.33. The Morgan fingerprint density at radius 2 is 1.21 bits per heavy atom. The van der Waals surface area contributed by atoms with Gasteiger partial charge >= 0.3 is 0 Å². The summed E-state index contributed by atoms with van der Waals surface area (Å²) in [4.78, 5) is 0. The summed E-state index contributed by atoms with van der Waals surface area (Å²) < 4.78 is 27.0. The molecule has 3 rings (SSSR count). The molecule has 0 radical (unpaired) electrons. The van der Waals surface area contributed by atoms with Gasteiger partial charge in [-0.2, -0.15) is 0 Å². The molecule has 10 N–H and O–H groups in total. The van der Waals surface area contributed by atoms with Crippen LogP contribution in [0.5, 0.6) is 0 Å². The molecule has 0 aliphatic carbocycles. The lowest BCUT2D eigenvalue weighted by molar-refractivity contribution is -0.388. The average molecular weight is 502 g/mol. The lowest BCUT2D eigenvalue weighted by Gasteiger charge is -2.48. The van der Waals surface area contributed by atoms with Crippen LogP contribution in [0.1, 0.15) is 13.8 Å². The maximum Gasteiger partial charge on any atom is 0.187 e. The van der Waals surface area contributed by atoms with Gasteiger partial charge in [0.15, 0.2) is 18.9 Å². The van der Waals surface area contributed by atoms with E-state index in [1.807, 2.05) is 0 Å². The summed E-state index contributed by atoms with van der Waals surface area (Å²) in [6.45, 7) is 1.91. The first kappa shape index (κ1) is 28.0. The van der Waals surface area contributed by atoms with E-state index in [2.05, 4.69) is 0 Å². The van der Waals surface area contributed by atoms with E-state index in [0.29, 0.717) is 0 Å². The molecule has 3 fully saturated rings. The fraction of sp³-hybridized carbons (Fsp3) is 1.00. The summed E-state index contributed by atoms with van der Waals surface area (Å²) in [6.07, 6.45) is -25.6. The van der Waals surface area contributed by atoms with Gasteiger partial charge in [-0.25, -0.2) is 0 Å². The Hall–Kier alpha value is -0.600. The van der Waals surface area contributed by atoms with Crippen molar-refractivity contribution >= 4 is 0 Å². The van der Waals surface area contributed by atoms with E-state index in [1.165, 1.54) is 13.8 Å². The van der Waals surface area contributed by atoms with Gasteiger partial charge in [-0.1, -0.05) is 0 Å². The number of hydrogen-bond acceptors (Lipinski definition) is 15. The molecule has 3 aliphatic heterocycles. The van der Waals surface area contributed by atoms with Gasteiger partial charge in [0.05, 0.1) is 18.8 Å². The number of ether oxygens (including phenoxy) is 5. The van der Waals surface area contributed by atoms with Crippen molar-refractivity contribution in [3.8, 4) is 0 Å². The Kier molecular flexibility index (Phi) is 9.22. The lowest BCUT2D eigenvalue weighted by Crippen LogP contribution is -2.67. The smallest absolute Gasteiger partial charge is 0.187 e. The molecule has 0 spiro atoms. The molecule has 0 amide bonds. The maximum absolute atomic E-state index is 10.8. The monoisotopic (exact) mass is 502 g/mol. The standard InChI is InChI=1S/C19H34O15/c1-4(21)14-13(28)15(33-19-12(27)10(25)8(23)6(3-20)31-19)16(17(29)32-14)34-18-11(26)9(24)7(22)5(2)30-18/h4-29H,3H2,1-2H3/t4-,5-,6+,7+,8-,9+,10-,11-,12+,13-,14+,15-,16+,17+,18-,19+/m0/s1. The van der Waals surface area contributed by atoms with E-state index < -0.39 is 105 Å². The van der Waals surface area contributed by atoms with Crippen molar-refractivity contribution in [3.05, 3.63) is 0 Å². The predicted octanol–water partition coefficient (Wildman–Crippen LogP) is -6.16. The highest BCUT2D eigenvalue weighted by molar-refractivity contribution is 4.97. The van der Waals surface area contributed by atoms with Crippen LogP contribution in [-0.4, -0.2) is 156 Å². The summed E-state index contributed by atoms with van der Waals surface area (Å²) in [5.41, 5.74) is 0. The molecule has 16 atom stereocenters. The molecule has 0 bridgehead atoms. The first-order chi connectivity index (χ1) is 15.9. The molecular weight excluding hydrogens is 468 g/mol. The fourth-order valence-electron chi connectivity index (χ4n) is 4.18. The molecule has 3 saturated heterocycles. The second-order valence-electron chi connectivity index (χ2n) is 8.80. The minimum atomic E-state index is -1.90. The number of aliphatic hydroxyl groups excluding tert-OH is 10. The molecule has 15 heteroatoms. The van der Waals surface area contributed by atoms with Gasteiger partial charge in [0.25, 0.3) is 0 Å². The van der Waals surface area contributed by atoms with Crippen molar-refractivity contribution in [1.29, 1.82) is 0 Å². The van der Waals surface area contributed by atoms with Gasteiger partial charge < -0.3 is 74.7 Å². The van der Waals surface area contributed by atoms with Gasteiger partial charge in [-0.15, -0.1) is 0 Å². The highest BCUT2D eigenvalue weighted by atomic mass is 16.8. The van der Waals surface area contributed by atoms with Gasteiger partial charge in [-0.3, -0.25) is 0 Å². The van der Waals surface area contributed by atoms with Gasteiger partial charge in [-0.05, 0) is 13.8 Å². The van der Waals surface area contributed by atoms with Gasteiger partial charge in [0.1, 0.15) is 67.1 Å². The summed E-state index contributed by atoms with van der Waals surface area (Å²) in [5, 5.41) is 101. The summed E-state index contributed by atoms with van der Waals surface area (Å²) in [6, 6.07) is 0. The number of aliphatic hydroxyl groups is 10. The Balaban J connectivity index is 1.85. The second-order valence-corrected chi connectivity index (χ2v) is 8.80. The van der Waals surface area contributed by atoms with Crippen molar-refractivity contribution in [2.75, 3.05) is 6.61 Å². The maximum atomic E-state index is 10.8. The number of rotatable bonds is 6. The van der Waals surface area contributed by atoms with E-state index in [1.54, 1.807) is 0 Å². The molecule has 3 aliphatic rings. The fourth-order valence-corrected chi connectivity index (χ4v) is 4.18. The molecule has 0 unspecified atom stereocenters. The van der Waals surface area contributed by atoms with E-state index in [9.17, 15) is 51.1 Å². The van der Waals surface area contributed by atoms with Crippen LogP contribution in [0.25, 0.3) is 0 Å². The van der Waals surface area contributed by atoms with Crippen LogP contribution >= 0.6 is 0 Å². The summed E-state index contributed by atoms with van der Waals surface area (Å²) >= 11 is 0. The number of hydrogen-bond donors (Lipinski definition) is 10. The molecule has 0 aromatic heterocycles. The third kappa shape index (κ3) is 5.39. The van der Waals surface area contributed by atoms with Crippen molar-refractivity contribution in [2.45, 2.75) is 112 Å². The van der Waals surface area contributed by atoms with Crippen LogP contribution in [0, 0.1) is 0 Å². The lowest BCUT2D eigenvalue weighted by atomic mass is 9.94. The summed E-state index contributed by atoms with van der Waals surface area (Å²) in [5.74, 6) is 0. The van der Waals surface area contributed by atoms with Crippen LogP contribution in [0.2, 0.25) is 0 Å². The first-order valence-electron chi connectivity index (χ1n) is 10.9. The molecule has 200 valence electrons. The quantitative estimate of drug-likeness (QED) is 0.162. The Morgan fingerprint density at radius 1 is 0.676 bits per heavy atom.